The maximum atomic E-state index is 12.3. The van der Waals surface area contributed by atoms with E-state index in [-0.39, 0.29) is 5.56 Å². The van der Waals surface area contributed by atoms with E-state index in [2.05, 4.69) is 0 Å². The second-order valence-corrected chi connectivity index (χ2v) is 4.54. The van der Waals surface area contributed by atoms with Gasteiger partial charge in [0.15, 0.2) is 11.5 Å². The predicted molar refractivity (Wildman–Crippen MR) is 79.4 cm³/mol. The van der Waals surface area contributed by atoms with Gasteiger partial charge in [-0.05, 0) is 30.7 Å². The highest BCUT2D eigenvalue weighted by Crippen LogP contribution is 2.28. The number of ether oxygens (including phenoxy) is 2. The van der Waals surface area contributed by atoms with E-state index in [9.17, 15) is 9.59 Å². The molecule has 0 bridgehead atoms. The lowest BCUT2D eigenvalue weighted by Crippen LogP contribution is -2.15. The summed E-state index contributed by atoms with van der Waals surface area (Å²) in [6.07, 6.45) is 0. The van der Waals surface area contributed by atoms with E-state index in [4.69, 9.17) is 9.47 Å². The Morgan fingerprint density at radius 1 is 0.857 bits per heavy atom. The first-order chi connectivity index (χ1) is 10.1. The maximum Gasteiger partial charge on any atom is 0.233 e. The number of rotatable bonds is 5. The standard InChI is InChI=1S/C17H16O4/c1-11-6-4-5-7-13(11)17(19)16(18)12-8-9-14(20-2)15(10-12)21-3/h4-10H,1-3H3. The first kappa shape index (κ1) is 14.8. The Bertz CT molecular complexity index is 689. The largest absolute Gasteiger partial charge is 0.493 e. The van der Waals surface area contributed by atoms with Gasteiger partial charge in [0, 0.05) is 11.1 Å². The quantitative estimate of drug-likeness (QED) is 0.625. The molecule has 0 heterocycles. The Hall–Kier alpha value is -2.62. The van der Waals surface area contributed by atoms with Crippen LogP contribution in [0.2, 0.25) is 0 Å². The predicted octanol–water partition coefficient (Wildman–Crippen LogP) is 3.08. The molecule has 0 saturated heterocycles. The summed E-state index contributed by atoms with van der Waals surface area (Å²) in [5, 5.41) is 0. The smallest absolute Gasteiger partial charge is 0.233 e. The van der Waals surface area contributed by atoms with Gasteiger partial charge in [-0.2, -0.15) is 0 Å². The number of Topliss-reactive ketones (excluding diaryl/α,β-unsaturated/α-hetero) is 2. The summed E-state index contributed by atoms with van der Waals surface area (Å²) in [6.45, 7) is 1.80. The molecule has 0 aromatic heterocycles. The number of aryl methyl sites for hydroxylation is 1. The normalized spacial score (nSPS) is 10.0. The zero-order valence-corrected chi connectivity index (χ0v) is 12.2. The SMILES string of the molecule is COc1ccc(C(=O)C(=O)c2ccccc2C)cc1OC. The molecule has 0 amide bonds. The summed E-state index contributed by atoms with van der Waals surface area (Å²) in [5.74, 6) is -0.163. The van der Waals surface area contributed by atoms with Crippen molar-refractivity contribution in [3.8, 4) is 11.5 Å². The van der Waals surface area contributed by atoms with Crippen molar-refractivity contribution in [1.29, 1.82) is 0 Å². The molecule has 21 heavy (non-hydrogen) atoms. The van der Waals surface area contributed by atoms with Crippen molar-refractivity contribution in [3.63, 3.8) is 0 Å². The van der Waals surface area contributed by atoms with Crippen LogP contribution in [0.5, 0.6) is 11.5 Å². The van der Waals surface area contributed by atoms with Crippen LogP contribution in [0.4, 0.5) is 0 Å². The van der Waals surface area contributed by atoms with Crippen LogP contribution in [-0.2, 0) is 0 Å². The molecule has 0 spiro atoms. The average Bonchev–Trinajstić information content (AvgIpc) is 2.53. The third-order valence-electron chi connectivity index (χ3n) is 3.24. The number of ketones is 2. The molecule has 0 unspecified atom stereocenters. The van der Waals surface area contributed by atoms with Crippen molar-refractivity contribution < 1.29 is 19.1 Å². The van der Waals surface area contributed by atoms with Gasteiger partial charge in [0.2, 0.25) is 11.6 Å². The molecule has 0 saturated carbocycles. The van der Waals surface area contributed by atoms with Gasteiger partial charge in [-0.3, -0.25) is 9.59 Å². The molecule has 0 radical (unpaired) electrons. The minimum Gasteiger partial charge on any atom is -0.493 e. The third-order valence-corrected chi connectivity index (χ3v) is 3.24. The number of hydrogen-bond acceptors (Lipinski definition) is 4. The summed E-state index contributed by atoms with van der Waals surface area (Å²) < 4.78 is 10.3. The Labute approximate surface area is 123 Å². The van der Waals surface area contributed by atoms with E-state index in [0.29, 0.717) is 17.1 Å². The number of carbonyl (C=O) groups excluding carboxylic acids is 2. The molecule has 4 heteroatoms. The van der Waals surface area contributed by atoms with Gasteiger partial charge in [0.25, 0.3) is 0 Å². The average molecular weight is 284 g/mol. The molecular formula is C17H16O4. The lowest BCUT2D eigenvalue weighted by Gasteiger charge is -2.09. The van der Waals surface area contributed by atoms with Gasteiger partial charge in [0.1, 0.15) is 0 Å². The fraction of sp³-hybridized carbons (Fsp3) is 0.176. The van der Waals surface area contributed by atoms with Gasteiger partial charge in [-0.25, -0.2) is 0 Å². The van der Waals surface area contributed by atoms with E-state index >= 15 is 0 Å². The van der Waals surface area contributed by atoms with Gasteiger partial charge >= 0.3 is 0 Å². The van der Waals surface area contributed by atoms with Gasteiger partial charge in [-0.1, -0.05) is 24.3 Å². The Morgan fingerprint density at radius 2 is 1.52 bits per heavy atom. The van der Waals surface area contributed by atoms with Gasteiger partial charge in [0.05, 0.1) is 14.2 Å². The van der Waals surface area contributed by atoms with E-state index in [1.54, 1.807) is 37.3 Å². The lowest BCUT2D eigenvalue weighted by atomic mass is 9.98. The molecule has 0 aliphatic carbocycles. The fourth-order valence-corrected chi connectivity index (χ4v) is 2.06. The fourth-order valence-electron chi connectivity index (χ4n) is 2.06. The van der Waals surface area contributed by atoms with Gasteiger partial charge < -0.3 is 9.47 Å². The number of carbonyl (C=O) groups is 2. The highest BCUT2D eigenvalue weighted by molar-refractivity contribution is 6.49. The molecule has 2 aromatic rings. The number of methoxy groups -OCH3 is 2. The molecule has 0 aliphatic rings. The second kappa shape index (κ2) is 6.22. The van der Waals surface area contributed by atoms with Crippen LogP contribution < -0.4 is 9.47 Å². The number of benzene rings is 2. The first-order valence-electron chi connectivity index (χ1n) is 6.45. The summed E-state index contributed by atoms with van der Waals surface area (Å²) >= 11 is 0. The van der Waals surface area contributed by atoms with E-state index in [1.807, 2.05) is 6.07 Å². The molecule has 108 valence electrons. The van der Waals surface area contributed by atoms with Crippen molar-refractivity contribution in [2.45, 2.75) is 6.92 Å². The Balaban J connectivity index is 2.36. The summed E-state index contributed by atoms with van der Waals surface area (Å²) in [6, 6.07) is 11.7. The van der Waals surface area contributed by atoms with Crippen molar-refractivity contribution in [2.24, 2.45) is 0 Å². The number of hydrogen-bond donors (Lipinski definition) is 0. The van der Waals surface area contributed by atoms with Gasteiger partial charge in [-0.15, -0.1) is 0 Å². The topological polar surface area (TPSA) is 52.6 Å². The molecule has 4 nitrogen and oxygen atoms in total. The molecule has 0 aliphatic heterocycles. The zero-order valence-electron chi connectivity index (χ0n) is 12.2. The molecule has 0 fully saturated rings. The van der Waals surface area contributed by atoms with Crippen molar-refractivity contribution >= 4 is 11.6 Å². The lowest BCUT2D eigenvalue weighted by molar-refractivity contribution is 0.0816. The van der Waals surface area contributed by atoms with Crippen molar-refractivity contribution in [1.82, 2.24) is 0 Å². The van der Waals surface area contributed by atoms with E-state index in [1.165, 1.54) is 20.3 Å². The monoisotopic (exact) mass is 284 g/mol. The van der Waals surface area contributed by atoms with Crippen LogP contribution in [0.3, 0.4) is 0 Å². The highest BCUT2D eigenvalue weighted by atomic mass is 16.5. The molecule has 0 atom stereocenters. The summed E-state index contributed by atoms with van der Waals surface area (Å²) in [5.41, 5.74) is 1.47. The van der Waals surface area contributed by atoms with E-state index in [0.717, 1.165) is 5.56 Å². The minimum atomic E-state index is -0.565. The summed E-state index contributed by atoms with van der Waals surface area (Å²) in [7, 11) is 2.99. The summed E-state index contributed by atoms with van der Waals surface area (Å²) in [4.78, 5) is 24.6. The van der Waals surface area contributed by atoms with Crippen LogP contribution >= 0.6 is 0 Å². The Kier molecular flexibility index (Phi) is 4.38. The maximum absolute atomic E-state index is 12.3. The third kappa shape index (κ3) is 2.94. The van der Waals surface area contributed by atoms with Crippen LogP contribution in [0.1, 0.15) is 26.3 Å². The molecule has 2 rings (SSSR count). The van der Waals surface area contributed by atoms with Crippen LogP contribution in [0.15, 0.2) is 42.5 Å². The first-order valence-corrected chi connectivity index (χ1v) is 6.45. The Morgan fingerprint density at radius 3 is 2.14 bits per heavy atom. The second-order valence-electron chi connectivity index (χ2n) is 4.54. The van der Waals surface area contributed by atoms with Crippen LogP contribution in [0, 0.1) is 6.92 Å². The van der Waals surface area contributed by atoms with Crippen LogP contribution in [0.25, 0.3) is 0 Å². The zero-order chi connectivity index (χ0) is 15.4. The van der Waals surface area contributed by atoms with Crippen molar-refractivity contribution in [2.75, 3.05) is 14.2 Å². The van der Waals surface area contributed by atoms with Crippen LogP contribution in [-0.4, -0.2) is 25.8 Å². The minimum absolute atomic E-state index is 0.279. The highest BCUT2D eigenvalue weighted by Gasteiger charge is 2.21. The molecular weight excluding hydrogens is 268 g/mol. The molecule has 0 N–H and O–H groups in total. The molecule has 2 aromatic carbocycles. The van der Waals surface area contributed by atoms with Crippen molar-refractivity contribution in [3.05, 3.63) is 59.2 Å². The van der Waals surface area contributed by atoms with E-state index < -0.39 is 11.6 Å².